The number of rotatable bonds is 2. The van der Waals surface area contributed by atoms with Gasteiger partial charge in [-0.3, -0.25) is 0 Å². The summed E-state index contributed by atoms with van der Waals surface area (Å²) in [5, 5.41) is 7.40. The highest BCUT2D eigenvalue weighted by Crippen LogP contribution is 2.17. The maximum atomic E-state index is 5.89. The molecule has 3 nitrogen and oxygen atoms in total. The summed E-state index contributed by atoms with van der Waals surface area (Å²) in [5.74, 6) is 0.917. The summed E-state index contributed by atoms with van der Waals surface area (Å²) in [5.41, 5.74) is 1.06. The van der Waals surface area contributed by atoms with Gasteiger partial charge in [0.1, 0.15) is 5.82 Å². The van der Waals surface area contributed by atoms with E-state index in [1.165, 1.54) is 0 Å². The summed E-state index contributed by atoms with van der Waals surface area (Å²) in [6.07, 6.45) is 2.85. The van der Waals surface area contributed by atoms with Gasteiger partial charge in [-0.05, 0) is 31.5 Å². The van der Waals surface area contributed by atoms with Gasteiger partial charge in [-0.1, -0.05) is 11.6 Å². The van der Waals surface area contributed by atoms with E-state index in [2.05, 4.69) is 15.6 Å². The van der Waals surface area contributed by atoms with Gasteiger partial charge in [0.15, 0.2) is 0 Å². The molecule has 1 atom stereocenters. The van der Waals surface area contributed by atoms with Crippen LogP contribution in [0.15, 0.2) is 12.3 Å². The monoisotopic (exact) mass is 247 g/mol. The van der Waals surface area contributed by atoms with Crippen LogP contribution in [0.5, 0.6) is 0 Å². The Morgan fingerprint density at radius 2 is 2.40 bits per heavy atom. The number of nitrogens with one attached hydrogen (secondary N) is 2. The van der Waals surface area contributed by atoms with Gasteiger partial charge < -0.3 is 10.6 Å². The van der Waals surface area contributed by atoms with E-state index in [1.54, 1.807) is 6.20 Å². The standard InChI is InChI=1S/C10H14ClN3.ClH/c1-7-4-10(13-6-9(7)11)14-8-2-3-12-5-8;/h4,6,8,12H,2-3,5H2,1H3,(H,13,14);1H/t8-;/m1./s1. The molecule has 1 aromatic rings. The van der Waals surface area contributed by atoms with Crippen LogP contribution in [-0.2, 0) is 0 Å². The maximum absolute atomic E-state index is 5.89. The molecule has 0 aromatic carbocycles. The lowest BCUT2D eigenvalue weighted by atomic mass is 10.2. The molecule has 2 rings (SSSR count). The molecule has 0 unspecified atom stereocenters. The SMILES string of the molecule is Cc1cc(N[C@@H]2CCNC2)ncc1Cl.Cl. The molecule has 0 aliphatic carbocycles. The smallest absolute Gasteiger partial charge is 0.126 e. The fourth-order valence-corrected chi connectivity index (χ4v) is 1.71. The predicted molar refractivity (Wildman–Crippen MR) is 66.1 cm³/mol. The molecule has 2 heterocycles. The molecule has 2 N–H and O–H groups in total. The number of aromatic nitrogens is 1. The molecule has 15 heavy (non-hydrogen) atoms. The predicted octanol–water partition coefficient (Wildman–Crippen LogP) is 2.24. The molecular weight excluding hydrogens is 233 g/mol. The zero-order chi connectivity index (χ0) is 9.97. The maximum Gasteiger partial charge on any atom is 0.126 e. The van der Waals surface area contributed by atoms with Crippen molar-refractivity contribution in [1.29, 1.82) is 0 Å². The largest absolute Gasteiger partial charge is 0.366 e. The lowest BCUT2D eigenvalue weighted by molar-refractivity contribution is 0.788. The van der Waals surface area contributed by atoms with E-state index >= 15 is 0 Å². The zero-order valence-corrected chi connectivity index (χ0v) is 10.2. The quantitative estimate of drug-likeness (QED) is 0.842. The number of aryl methyl sites for hydroxylation is 1. The molecule has 84 valence electrons. The third-order valence-electron chi connectivity index (χ3n) is 2.46. The summed E-state index contributed by atoms with van der Waals surface area (Å²) < 4.78 is 0. The molecule has 1 aromatic heterocycles. The van der Waals surface area contributed by atoms with Crippen LogP contribution in [0, 0.1) is 6.92 Å². The van der Waals surface area contributed by atoms with Crippen LogP contribution in [0.4, 0.5) is 5.82 Å². The first-order valence-electron chi connectivity index (χ1n) is 4.85. The van der Waals surface area contributed by atoms with E-state index in [0.717, 1.165) is 35.9 Å². The van der Waals surface area contributed by atoms with Gasteiger partial charge in [-0.25, -0.2) is 4.98 Å². The number of hydrogen-bond acceptors (Lipinski definition) is 3. The average molecular weight is 248 g/mol. The minimum absolute atomic E-state index is 0. The first-order chi connectivity index (χ1) is 6.75. The summed E-state index contributed by atoms with van der Waals surface area (Å²) >= 11 is 5.89. The minimum Gasteiger partial charge on any atom is -0.366 e. The molecule has 0 spiro atoms. The second kappa shape index (κ2) is 5.54. The molecule has 5 heteroatoms. The van der Waals surface area contributed by atoms with E-state index in [-0.39, 0.29) is 12.4 Å². The number of pyridine rings is 1. The molecule has 0 amide bonds. The molecule has 0 bridgehead atoms. The minimum atomic E-state index is 0. The van der Waals surface area contributed by atoms with Gasteiger partial charge in [0.25, 0.3) is 0 Å². The molecule has 1 aliphatic heterocycles. The topological polar surface area (TPSA) is 37.0 Å². The lowest BCUT2D eigenvalue weighted by Gasteiger charge is -2.12. The number of halogens is 2. The molecule has 1 aliphatic rings. The highest BCUT2D eigenvalue weighted by atomic mass is 35.5. The van der Waals surface area contributed by atoms with Crippen LogP contribution < -0.4 is 10.6 Å². The van der Waals surface area contributed by atoms with Gasteiger partial charge in [0.2, 0.25) is 0 Å². The third-order valence-corrected chi connectivity index (χ3v) is 2.85. The summed E-state index contributed by atoms with van der Waals surface area (Å²) in [6.45, 7) is 4.09. The molecule has 1 fully saturated rings. The average Bonchev–Trinajstić information content (AvgIpc) is 2.64. The Morgan fingerprint density at radius 1 is 1.60 bits per heavy atom. The Labute approximate surface area is 101 Å². The van der Waals surface area contributed by atoms with E-state index in [0.29, 0.717) is 6.04 Å². The Bertz CT molecular complexity index is 324. The second-order valence-corrected chi connectivity index (χ2v) is 4.06. The second-order valence-electron chi connectivity index (χ2n) is 3.65. The van der Waals surface area contributed by atoms with Crippen molar-refractivity contribution >= 4 is 29.8 Å². The normalized spacial score (nSPS) is 19.7. The molecular formula is C10H15Cl2N3. The number of anilines is 1. The van der Waals surface area contributed by atoms with E-state index in [1.807, 2.05) is 13.0 Å². The zero-order valence-electron chi connectivity index (χ0n) is 8.59. The third kappa shape index (κ3) is 3.23. The Hall–Kier alpha value is -0.510. The van der Waals surface area contributed by atoms with E-state index in [4.69, 9.17) is 11.6 Å². The van der Waals surface area contributed by atoms with E-state index in [9.17, 15) is 0 Å². The molecule has 1 saturated heterocycles. The van der Waals surface area contributed by atoms with Crippen LogP contribution in [0.25, 0.3) is 0 Å². The molecule has 0 saturated carbocycles. The van der Waals surface area contributed by atoms with Crippen LogP contribution in [0.1, 0.15) is 12.0 Å². The van der Waals surface area contributed by atoms with E-state index < -0.39 is 0 Å². The number of hydrogen-bond donors (Lipinski definition) is 2. The van der Waals surface area contributed by atoms with Crippen LogP contribution in [0.2, 0.25) is 5.02 Å². The summed E-state index contributed by atoms with van der Waals surface area (Å²) in [4.78, 5) is 4.23. The van der Waals surface area contributed by atoms with Crippen molar-refractivity contribution in [2.24, 2.45) is 0 Å². The van der Waals surface area contributed by atoms with Crippen molar-refractivity contribution in [3.8, 4) is 0 Å². The first-order valence-corrected chi connectivity index (χ1v) is 5.23. The molecule has 0 radical (unpaired) electrons. The van der Waals surface area contributed by atoms with Crippen molar-refractivity contribution in [3.05, 3.63) is 22.8 Å². The van der Waals surface area contributed by atoms with Crippen molar-refractivity contribution in [2.75, 3.05) is 18.4 Å². The van der Waals surface area contributed by atoms with Crippen LogP contribution in [-0.4, -0.2) is 24.1 Å². The fourth-order valence-electron chi connectivity index (χ4n) is 1.61. The summed E-state index contributed by atoms with van der Waals surface area (Å²) in [6, 6.07) is 2.49. The van der Waals surface area contributed by atoms with Crippen molar-refractivity contribution < 1.29 is 0 Å². The Kier molecular flexibility index (Phi) is 4.64. The number of nitrogens with zero attached hydrogens (tertiary/aromatic N) is 1. The van der Waals surface area contributed by atoms with Crippen LogP contribution >= 0.6 is 24.0 Å². The van der Waals surface area contributed by atoms with Crippen molar-refractivity contribution in [3.63, 3.8) is 0 Å². The Balaban J connectivity index is 0.00000112. The Morgan fingerprint density at radius 3 is 3.00 bits per heavy atom. The fraction of sp³-hybridized carbons (Fsp3) is 0.500. The lowest BCUT2D eigenvalue weighted by Crippen LogP contribution is -2.22. The van der Waals surface area contributed by atoms with Crippen LogP contribution in [0.3, 0.4) is 0 Å². The van der Waals surface area contributed by atoms with Crippen molar-refractivity contribution in [2.45, 2.75) is 19.4 Å². The van der Waals surface area contributed by atoms with Gasteiger partial charge in [-0.2, -0.15) is 0 Å². The van der Waals surface area contributed by atoms with Crippen molar-refractivity contribution in [1.82, 2.24) is 10.3 Å². The van der Waals surface area contributed by atoms with Gasteiger partial charge in [0, 0.05) is 18.8 Å². The van der Waals surface area contributed by atoms with Gasteiger partial charge in [-0.15, -0.1) is 12.4 Å². The summed E-state index contributed by atoms with van der Waals surface area (Å²) in [7, 11) is 0. The van der Waals surface area contributed by atoms with Gasteiger partial charge in [0.05, 0.1) is 5.02 Å². The highest BCUT2D eigenvalue weighted by Gasteiger charge is 2.14. The first kappa shape index (κ1) is 12.6. The highest BCUT2D eigenvalue weighted by molar-refractivity contribution is 6.31. The van der Waals surface area contributed by atoms with Gasteiger partial charge >= 0.3 is 0 Å².